The number of rotatable bonds is 4. The molecule has 98 valence electrons. The lowest BCUT2D eigenvalue weighted by molar-refractivity contribution is -0.121. The predicted octanol–water partition coefficient (Wildman–Crippen LogP) is 1.33. The van der Waals surface area contributed by atoms with E-state index in [1.807, 2.05) is 23.1 Å². The molecule has 0 aliphatic carbocycles. The Labute approximate surface area is 108 Å². The summed E-state index contributed by atoms with van der Waals surface area (Å²) >= 11 is 0. The molecule has 4 heteroatoms. The predicted molar refractivity (Wildman–Crippen MR) is 71.6 cm³/mol. The average Bonchev–Trinajstić information content (AvgIpc) is 2.71. The van der Waals surface area contributed by atoms with E-state index in [9.17, 15) is 4.79 Å². The average molecular weight is 248 g/mol. The van der Waals surface area contributed by atoms with E-state index in [2.05, 4.69) is 13.0 Å². The summed E-state index contributed by atoms with van der Waals surface area (Å²) in [6.45, 7) is 2.44. The molecule has 0 saturated carbocycles. The number of methoxy groups -OCH3 is 1. The number of anilines is 1. The van der Waals surface area contributed by atoms with Crippen molar-refractivity contribution in [3.63, 3.8) is 0 Å². The van der Waals surface area contributed by atoms with Gasteiger partial charge in [0.2, 0.25) is 5.91 Å². The monoisotopic (exact) mass is 248 g/mol. The van der Waals surface area contributed by atoms with E-state index in [1.54, 1.807) is 7.11 Å². The van der Waals surface area contributed by atoms with Gasteiger partial charge in [0.05, 0.1) is 12.5 Å². The number of fused-ring (bicyclic) bond motifs is 1. The van der Waals surface area contributed by atoms with Crippen molar-refractivity contribution in [2.75, 3.05) is 18.6 Å². The van der Waals surface area contributed by atoms with Crippen LogP contribution in [-0.2, 0) is 16.0 Å². The number of amides is 1. The Balaban J connectivity index is 2.15. The highest BCUT2D eigenvalue weighted by Crippen LogP contribution is 2.32. The second-order valence-electron chi connectivity index (χ2n) is 4.74. The fraction of sp³-hybridized carbons (Fsp3) is 0.500. The van der Waals surface area contributed by atoms with Crippen LogP contribution < -0.4 is 10.6 Å². The number of benzene rings is 1. The molecule has 1 aromatic carbocycles. The van der Waals surface area contributed by atoms with Gasteiger partial charge in [-0.2, -0.15) is 0 Å². The third-order valence-corrected chi connectivity index (χ3v) is 3.47. The van der Waals surface area contributed by atoms with Gasteiger partial charge in [-0.3, -0.25) is 4.79 Å². The largest absolute Gasteiger partial charge is 0.380 e. The summed E-state index contributed by atoms with van der Waals surface area (Å²) < 4.78 is 5.18. The van der Waals surface area contributed by atoms with Crippen molar-refractivity contribution in [1.82, 2.24) is 0 Å². The van der Waals surface area contributed by atoms with Gasteiger partial charge in [0.1, 0.15) is 0 Å². The molecule has 2 N–H and O–H groups in total. The molecule has 18 heavy (non-hydrogen) atoms. The number of ether oxygens (including phenoxy) is 1. The number of para-hydroxylation sites is 1. The maximum atomic E-state index is 12.3. The van der Waals surface area contributed by atoms with Crippen LogP contribution in [0.2, 0.25) is 0 Å². The second-order valence-corrected chi connectivity index (χ2v) is 4.74. The topological polar surface area (TPSA) is 55.6 Å². The highest BCUT2D eigenvalue weighted by molar-refractivity contribution is 5.96. The van der Waals surface area contributed by atoms with Crippen LogP contribution in [0.25, 0.3) is 0 Å². The molecule has 4 nitrogen and oxygen atoms in total. The van der Waals surface area contributed by atoms with Gasteiger partial charge in [-0.25, -0.2) is 0 Å². The van der Waals surface area contributed by atoms with Gasteiger partial charge < -0.3 is 15.4 Å². The first-order chi connectivity index (χ1) is 8.67. The van der Waals surface area contributed by atoms with Crippen molar-refractivity contribution in [3.8, 4) is 0 Å². The van der Waals surface area contributed by atoms with E-state index in [1.165, 1.54) is 5.56 Å². The summed E-state index contributed by atoms with van der Waals surface area (Å²) in [6.07, 6.45) is 1.06. The zero-order chi connectivity index (χ0) is 13.1. The first-order valence-electron chi connectivity index (χ1n) is 6.30. The number of carbonyl (C=O) groups excluding carboxylic acids is 1. The third-order valence-electron chi connectivity index (χ3n) is 3.47. The molecule has 1 heterocycles. The first-order valence-corrected chi connectivity index (χ1v) is 6.30. The summed E-state index contributed by atoms with van der Waals surface area (Å²) in [5.74, 6) is 0.0877. The number of nitrogens with two attached hydrogens (primary N) is 1. The van der Waals surface area contributed by atoms with E-state index in [0.29, 0.717) is 13.0 Å². The van der Waals surface area contributed by atoms with Crippen LogP contribution in [0.5, 0.6) is 0 Å². The second kappa shape index (κ2) is 5.50. The Morgan fingerprint density at radius 1 is 1.56 bits per heavy atom. The van der Waals surface area contributed by atoms with Crippen LogP contribution in [0.1, 0.15) is 18.9 Å². The van der Waals surface area contributed by atoms with Gasteiger partial charge in [-0.1, -0.05) is 18.2 Å². The summed E-state index contributed by atoms with van der Waals surface area (Å²) in [6, 6.07) is 8.27. The minimum atomic E-state index is -0.197. The highest BCUT2D eigenvalue weighted by Gasteiger charge is 2.31. The molecule has 2 atom stereocenters. The first kappa shape index (κ1) is 13.1. The Hall–Kier alpha value is -1.39. The number of nitrogens with zero attached hydrogens (tertiary/aromatic N) is 1. The molecule has 1 aromatic rings. The fourth-order valence-corrected chi connectivity index (χ4v) is 2.50. The molecule has 0 bridgehead atoms. The zero-order valence-corrected chi connectivity index (χ0v) is 10.9. The lowest BCUT2D eigenvalue weighted by Gasteiger charge is -2.24. The lowest BCUT2D eigenvalue weighted by atomic mass is 10.1. The van der Waals surface area contributed by atoms with Crippen molar-refractivity contribution in [1.29, 1.82) is 0 Å². The summed E-state index contributed by atoms with van der Waals surface area (Å²) in [5.41, 5.74) is 7.83. The number of hydrogen-bond donors (Lipinski definition) is 1. The molecular weight excluding hydrogens is 228 g/mol. The molecule has 1 amide bonds. The molecular formula is C14H20N2O2. The zero-order valence-electron chi connectivity index (χ0n) is 10.9. The van der Waals surface area contributed by atoms with Gasteiger partial charge in [0.15, 0.2) is 0 Å². The SMILES string of the molecule is COC(CN)CC(=O)N1c2ccccc2CC1C. The van der Waals surface area contributed by atoms with Crippen LogP contribution >= 0.6 is 0 Å². The van der Waals surface area contributed by atoms with Crippen LogP contribution in [0.4, 0.5) is 5.69 Å². The van der Waals surface area contributed by atoms with E-state index in [-0.39, 0.29) is 18.1 Å². The Bertz CT molecular complexity index is 430. The van der Waals surface area contributed by atoms with Crippen molar-refractivity contribution in [2.45, 2.75) is 31.9 Å². The molecule has 0 saturated heterocycles. The van der Waals surface area contributed by atoms with Gasteiger partial charge in [-0.15, -0.1) is 0 Å². The Morgan fingerprint density at radius 3 is 2.94 bits per heavy atom. The van der Waals surface area contributed by atoms with E-state index < -0.39 is 0 Å². The third kappa shape index (κ3) is 2.40. The van der Waals surface area contributed by atoms with Gasteiger partial charge in [-0.05, 0) is 25.0 Å². The van der Waals surface area contributed by atoms with Crippen molar-refractivity contribution >= 4 is 11.6 Å². The molecule has 2 rings (SSSR count). The van der Waals surface area contributed by atoms with Crippen LogP contribution in [0, 0.1) is 0 Å². The van der Waals surface area contributed by atoms with Crippen LogP contribution in [0.15, 0.2) is 24.3 Å². The van der Waals surface area contributed by atoms with E-state index in [4.69, 9.17) is 10.5 Å². The molecule has 2 unspecified atom stereocenters. The maximum absolute atomic E-state index is 12.3. The van der Waals surface area contributed by atoms with Crippen molar-refractivity contribution < 1.29 is 9.53 Å². The van der Waals surface area contributed by atoms with Crippen LogP contribution in [-0.4, -0.2) is 31.7 Å². The van der Waals surface area contributed by atoms with Crippen molar-refractivity contribution in [3.05, 3.63) is 29.8 Å². The summed E-state index contributed by atoms with van der Waals surface area (Å²) in [4.78, 5) is 14.2. The Morgan fingerprint density at radius 2 is 2.28 bits per heavy atom. The Kier molecular flexibility index (Phi) is 3.99. The van der Waals surface area contributed by atoms with E-state index in [0.717, 1.165) is 12.1 Å². The summed E-state index contributed by atoms with van der Waals surface area (Å²) in [7, 11) is 1.59. The standard InChI is InChI=1S/C14H20N2O2/c1-10-7-11-5-3-4-6-13(11)16(10)14(17)8-12(9-15)18-2/h3-6,10,12H,7-9,15H2,1-2H3. The van der Waals surface area contributed by atoms with Gasteiger partial charge in [0, 0.05) is 25.4 Å². The molecule has 0 aromatic heterocycles. The van der Waals surface area contributed by atoms with Crippen molar-refractivity contribution in [2.24, 2.45) is 5.73 Å². The van der Waals surface area contributed by atoms with Gasteiger partial charge in [0.25, 0.3) is 0 Å². The smallest absolute Gasteiger partial charge is 0.229 e. The molecule has 0 spiro atoms. The van der Waals surface area contributed by atoms with Crippen LogP contribution in [0.3, 0.4) is 0 Å². The number of carbonyl (C=O) groups is 1. The van der Waals surface area contributed by atoms with E-state index >= 15 is 0 Å². The highest BCUT2D eigenvalue weighted by atomic mass is 16.5. The molecule has 0 radical (unpaired) electrons. The minimum absolute atomic E-state index is 0.0877. The summed E-state index contributed by atoms with van der Waals surface area (Å²) in [5, 5.41) is 0. The maximum Gasteiger partial charge on any atom is 0.229 e. The fourth-order valence-electron chi connectivity index (χ4n) is 2.50. The molecule has 1 aliphatic rings. The normalized spacial score (nSPS) is 19.7. The quantitative estimate of drug-likeness (QED) is 0.874. The lowest BCUT2D eigenvalue weighted by Crippen LogP contribution is -2.39. The molecule has 1 aliphatic heterocycles. The minimum Gasteiger partial charge on any atom is -0.380 e. The van der Waals surface area contributed by atoms with Gasteiger partial charge >= 0.3 is 0 Å². The molecule has 0 fully saturated rings. The number of hydrogen-bond acceptors (Lipinski definition) is 3.